The van der Waals surface area contributed by atoms with Gasteiger partial charge in [0, 0.05) is 13.1 Å². The molecule has 0 aliphatic heterocycles. The van der Waals surface area contributed by atoms with Crippen molar-refractivity contribution in [1.82, 2.24) is 10.6 Å². The first-order valence-corrected chi connectivity index (χ1v) is 8.47. The standard InChI is InChI=1S/C19H30N2O2/c1-14-9-15(2)11-16(10-14)12-20-13-19(7-6-8-19)21-17(22)23-18(3,4)5/h9-11,20H,6-8,12-13H2,1-5H3,(H,21,22). The van der Waals surface area contributed by atoms with E-state index in [9.17, 15) is 4.79 Å². The molecule has 0 aromatic heterocycles. The number of benzene rings is 1. The van der Waals surface area contributed by atoms with Crippen LogP contribution in [0.3, 0.4) is 0 Å². The van der Waals surface area contributed by atoms with Crippen molar-refractivity contribution < 1.29 is 9.53 Å². The summed E-state index contributed by atoms with van der Waals surface area (Å²) in [5.41, 5.74) is 3.25. The van der Waals surface area contributed by atoms with Crippen molar-refractivity contribution in [3.63, 3.8) is 0 Å². The second-order valence-corrected chi connectivity index (χ2v) is 7.86. The van der Waals surface area contributed by atoms with E-state index < -0.39 is 5.60 Å². The highest BCUT2D eigenvalue weighted by Gasteiger charge is 2.39. The van der Waals surface area contributed by atoms with Crippen LogP contribution in [0.5, 0.6) is 0 Å². The Morgan fingerprint density at radius 3 is 2.26 bits per heavy atom. The van der Waals surface area contributed by atoms with E-state index in [0.717, 1.165) is 32.4 Å². The summed E-state index contributed by atoms with van der Waals surface area (Å²) in [5, 5.41) is 6.57. The van der Waals surface area contributed by atoms with Gasteiger partial charge in [0.25, 0.3) is 0 Å². The predicted octanol–water partition coefficient (Wildman–Crippen LogP) is 3.84. The summed E-state index contributed by atoms with van der Waals surface area (Å²) in [7, 11) is 0. The third-order valence-electron chi connectivity index (χ3n) is 4.15. The highest BCUT2D eigenvalue weighted by atomic mass is 16.6. The summed E-state index contributed by atoms with van der Waals surface area (Å²) in [6.45, 7) is 11.5. The molecule has 1 amide bonds. The molecule has 1 aliphatic rings. The van der Waals surface area contributed by atoms with Crippen LogP contribution in [0.25, 0.3) is 0 Å². The molecule has 0 spiro atoms. The Morgan fingerprint density at radius 1 is 1.17 bits per heavy atom. The molecule has 23 heavy (non-hydrogen) atoms. The van der Waals surface area contributed by atoms with E-state index in [1.807, 2.05) is 20.8 Å². The van der Waals surface area contributed by atoms with E-state index in [1.54, 1.807) is 0 Å². The van der Waals surface area contributed by atoms with Crippen LogP contribution in [0, 0.1) is 13.8 Å². The molecule has 0 bridgehead atoms. The molecule has 4 heteroatoms. The van der Waals surface area contributed by atoms with Gasteiger partial charge in [-0.2, -0.15) is 0 Å². The summed E-state index contributed by atoms with van der Waals surface area (Å²) in [4.78, 5) is 12.0. The van der Waals surface area contributed by atoms with Crippen LogP contribution in [-0.4, -0.2) is 23.8 Å². The summed E-state index contributed by atoms with van der Waals surface area (Å²) in [5.74, 6) is 0. The van der Waals surface area contributed by atoms with Crippen LogP contribution >= 0.6 is 0 Å². The zero-order valence-electron chi connectivity index (χ0n) is 15.1. The SMILES string of the molecule is Cc1cc(C)cc(CNCC2(NC(=O)OC(C)(C)C)CCC2)c1. The number of alkyl carbamates (subject to hydrolysis) is 1. The first-order valence-electron chi connectivity index (χ1n) is 8.47. The summed E-state index contributed by atoms with van der Waals surface area (Å²) >= 11 is 0. The zero-order valence-corrected chi connectivity index (χ0v) is 15.1. The van der Waals surface area contributed by atoms with Crippen LogP contribution in [-0.2, 0) is 11.3 Å². The smallest absolute Gasteiger partial charge is 0.408 e. The molecule has 0 radical (unpaired) electrons. The molecule has 2 N–H and O–H groups in total. The van der Waals surface area contributed by atoms with E-state index in [1.165, 1.54) is 16.7 Å². The van der Waals surface area contributed by atoms with Crippen molar-refractivity contribution in [3.05, 3.63) is 34.9 Å². The fraction of sp³-hybridized carbons (Fsp3) is 0.632. The summed E-state index contributed by atoms with van der Waals surface area (Å²) < 4.78 is 5.39. The maximum Gasteiger partial charge on any atom is 0.408 e. The Morgan fingerprint density at radius 2 is 1.78 bits per heavy atom. The Bertz CT molecular complexity index is 537. The Hall–Kier alpha value is -1.55. The number of ether oxygens (including phenoxy) is 1. The van der Waals surface area contributed by atoms with Gasteiger partial charge in [-0.1, -0.05) is 29.3 Å². The molecule has 1 aliphatic carbocycles. The molecule has 1 fully saturated rings. The van der Waals surface area contributed by atoms with Gasteiger partial charge in [-0.3, -0.25) is 0 Å². The molecule has 0 heterocycles. The second kappa shape index (κ2) is 6.91. The number of carbonyl (C=O) groups is 1. The van der Waals surface area contributed by atoms with Gasteiger partial charge < -0.3 is 15.4 Å². The predicted molar refractivity (Wildman–Crippen MR) is 93.6 cm³/mol. The molecule has 1 aromatic rings. The van der Waals surface area contributed by atoms with Gasteiger partial charge in [0.2, 0.25) is 0 Å². The zero-order chi connectivity index (χ0) is 17.1. The second-order valence-electron chi connectivity index (χ2n) is 7.86. The number of rotatable bonds is 5. The Balaban J connectivity index is 1.85. The van der Waals surface area contributed by atoms with E-state index in [-0.39, 0.29) is 11.6 Å². The van der Waals surface area contributed by atoms with E-state index in [2.05, 4.69) is 42.7 Å². The van der Waals surface area contributed by atoms with E-state index >= 15 is 0 Å². The lowest BCUT2D eigenvalue weighted by Gasteiger charge is -2.42. The first kappa shape index (κ1) is 17.8. The topological polar surface area (TPSA) is 50.4 Å². The molecule has 1 saturated carbocycles. The summed E-state index contributed by atoms with van der Waals surface area (Å²) in [6.07, 6.45) is 2.85. The van der Waals surface area contributed by atoms with Crippen LogP contribution in [0.15, 0.2) is 18.2 Å². The molecular formula is C19H30N2O2. The monoisotopic (exact) mass is 318 g/mol. The maximum atomic E-state index is 12.0. The number of carbonyl (C=O) groups excluding carboxylic acids is 1. The number of hydrogen-bond acceptors (Lipinski definition) is 3. The molecular weight excluding hydrogens is 288 g/mol. The molecule has 0 atom stereocenters. The van der Waals surface area contributed by atoms with Gasteiger partial charge in [0.1, 0.15) is 5.60 Å². The average molecular weight is 318 g/mol. The molecule has 4 nitrogen and oxygen atoms in total. The minimum Gasteiger partial charge on any atom is -0.444 e. The van der Waals surface area contributed by atoms with Crippen molar-refractivity contribution in [2.45, 2.75) is 71.6 Å². The van der Waals surface area contributed by atoms with Crippen molar-refractivity contribution in [2.24, 2.45) is 0 Å². The third-order valence-corrected chi connectivity index (χ3v) is 4.15. The summed E-state index contributed by atoms with van der Waals surface area (Å²) in [6, 6.07) is 6.59. The van der Waals surface area contributed by atoms with Crippen molar-refractivity contribution >= 4 is 6.09 Å². The maximum absolute atomic E-state index is 12.0. The number of aryl methyl sites for hydroxylation is 2. The Kier molecular flexibility index (Phi) is 5.35. The normalized spacial score (nSPS) is 16.6. The number of hydrogen-bond donors (Lipinski definition) is 2. The average Bonchev–Trinajstić information content (AvgIpc) is 2.32. The highest BCUT2D eigenvalue weighted by molar-refractivity contribution is 5.69. The first-order chi connectivity index (χ1) is 10.7. The van der Waals surface area contributed by atoms with Gasteiger partial charge >= 0.3 is 6.09 Å². The lowest BCUT2D eigenvalue weighted by atomic mass is 9.76. The van der Waals surface area contributed by atoms with Crippen LogP contribution in [0.1, 0.15) is 56.7 Å². The Labute approximate surface area is 140 Å². The largest absolute Gasteiger partial charge is 0.444 e. The van der Waals surface area contributed by atoms with Crippen molar-refractivity contribution in [1.29, 1.82) is 0 Å². The van der Waals surface area contributed by atoms with Crippen molar-refractivity contribution in [3.8, 4) is 0 Å². The van der Waals surface area contributed by atoms with Gasteiger partial charge in [-0.25, -0.2) is 4.79 Å². The van der Waals surface area contributed by atoms with E-state index in [4.69, 9.17) is 4.74 Å². The van der Waals surface area contributed by atoms with Crippen molar-refractivity contribution in [2.75, 3.05) is 6.54 Å². The third kappa shape index (κ3) is 5.54. The van der Waals surface area contributed by atoms with Gasteiger partial charge in [0.05, 0.1) is 5.54 Å². The van der Waals surface area contributed by atoms with Crippen LogP contribution in [0.4, 0.5) is 4.79 Å². The quantitative estimate of drug-likeness (QED) is 0.867. The van der Waals surface area contributed by atoms with Gasteiger partial charge in [-0.05, 0) is 59.4 Å². The van der Waals surface area contributed by atoms with Crippen LogP contribution < -0.4 is 10.6 Å². The number of nitrogens with one attached hydrogen (secondary N) is 2. The molecule has 2 rings (SSSR count). The number of amides is 1. The molecule has 0 saturated heterocycles. The fourth-order valence-electron chi connectivity index (χ4n) is 3.09. The van der Waals surface area contributed by atoms with Crippen LogP contribution in [0.2, 0.25) is 0 Å². The van der Waals surface area contributed by atoms with E-state index in [0.29, 0.717) is 0 Å². The molecule has 0 unspecified atom stereocenters. The van der Waals surface area contributed by atoms with Gasteiger partial charge in [0.15, 0.2) is 0 Å². The minimum atomic E-state index is -0.457. The minimum absolute atomic E-state index is 0.152. The van der Waals surface area contributed by atoms with Gasteiger partial charge in [-0.15, -0.1) is 0 Å². The highest BCUT2D eigenvalue weighted by Crippen LogP contribution is 2.31. The lowest BCUT2D eigenvalue weighted by molar-refractivity contribution is 0.0382. The fourth-order valence-corrected chi connectivity index (χ4v) is 3.09. The molecule has 128 valence electrons. The molecule has 1 aromatic carbocycles. The lowest BCUT2D eigenvalue weighted by Crippen LogP contribution is -2.59.